The Morgan fingerprint density at radius 3 is 2.47 bits per heavy atom. The highest BCUT2D eigenvalue weighted by molar-refractivity contribution is 6.30. The van der Waals surface area contributed by atoms with Gasteiger partial charge in [0.2, 0.25) is 5.95 Å². The Morgan fingerprint density at radius 2 is 1.75 bits per heavy atom. The van der Waals surface area contributed by atoms with Gasteiger partial charge in [-0.25, -0.2) is 9.67 Å². The van der Waals surface area contributed by atoms with Crippen LogP contribution in [-0.2, 0) is 0 Å². The summed E-state index contributed by atoms with van der Waals surface area (Å²) in [5.41, 5.74) is 9.60. The number of piperazine rings is 1. The molecule has 0 saturated carbocycles. The fourth-order valence-corrected chi connectivity index (χ4v) is 4.03. The van der Waals surface area contributed by atoms with Crippen LogP contribution in [0.25, 0.3) is 28.0 Å². The molecule has 5 rings (SSSR count). The third-order valence-corrected chi connectivity index (χ3v) is 6.01. The van der Waals surface area contributed by atoms with Crippen molar-refractivity contribution in [2.24, 2.45) is 0 Å². The summed E-state index contributed by atoms with van der Waals surface area (Å²) in [5.74, 6) is 1.88. The SMILES string of the molecule is COc1cccc(-c2nc(N3CCN(C)CC3)nc3nn(-c4ccc(Cl)cc4)c(N)c23)c1. The average molecular weight is 450 g/mol. The molecule has 4 aromatic rings. The minimum absolute atomic E-state index is 0.477. The van der Waals surface area contributed by atoms with Crippen molar-refractivity contribution in [3.63, 3.8) is 0 Å². The summed E-state index contributed by atoms with van der Waals surface area (Å²) in [7, 11) is 3.77. The lowest BCUT2D eigenvalue weighted by atomic mass is 10.1. The summed E-state index contributed by atoms with van der Waals surface area (Å²) < 4.78 is 7.13. The molecule has 0 aliphatic carbocycles. The molecule has 2 N–H and O–H groups in total. The van der Waals surface area contributed by atoms with Gasteiger partial charge in [0.1, 0.15) is 11.6 Å². The summed E-state index contributed by atoms with van der Waals surface area (Å²) in [6.45, 7) is 3.62. The van der Waals surface area contributed by atoms with Crippen molar-refractivity contribution in [2.45, 2.75) is 0 Å². The van der Waals surface area contributed by atoms with Gasteiger partial charge in [0.05, 0.1) is 23.9 Å². The van der Waals surface area contributed by atoms with E-state index in [2.05, 4.69) is 16.8 Å². The molecule has 8 nitrogen and oxygen atoms in total. The topological polar surface area (TPSA) is 85.3 Å². The molecule has 164 valence electrons. The number of anilines is 2. The van der Waals surface area contributed by atoms with Crippen molar-refractivity contribution in [2.75, 3.05) is 51.0 Å². The second-order valence-corrected chi connectivity index (χ2v) is 8.30. The quantitative estimate of drug-likeness (QED) is 0.510. The van der Waals surface area contributed by atoms with Gasteiger partial charge in [-0.1, -0.05) is 23.7 Å². The molecule has 2 aromatic heterocycles. The second kappa shape index (κ2) is 8.29. The Kier molecular flexibility index (Phi) is 5.32. The highest BCUT2D eigenvalue weighted by Crippen LogP contribution is 2.35. The number of likely N-dealkylation sites (N-methyl/N-ethyl adjacent to an activating group) is 1. The van der Waals surface area contributed by atoms with Crippen molar-refractivity contribution in [3.05, 3.63) is 53.6 Å². The first-order valence-electron chi connectivity index (χ1n) is 10.4. The molecule has 0 radical (unpaired) electrons. The van der Waals surface area contributed by atoms with Crippen molar-refractivity contribution >= 4 is 34.4 Å². The first-order chi connectivity index (χ1) is 15.5. The molecular weight excluding hydrogens is 426 g/mol. The van der Waals surface area contributed by atoms with Gasteiger partial charge in [0.15, 0.2) is 5.65 Å². The number of nitrogens with zero attached hydrogens (tertiary/aromatic N) is 6. The number of hydrogen-bond donors (Lipinski definition) is 1. The van der Waals surface area contributed by atoms with E-state index in [1.165, 1.54) is 0 Å². The minimum atomic E-state index is 0.477. The molecule has 3 heterocycles. The van der Waals surface area contributed by atoms with Gasteiger partial charge in [0.25, 0.3) is 0 Å². The zero-order valence-electron chi connectivity index (χ0n) is 18.0. The lowest BCUT2D eigenvalue weighted by molar-refractivity contribution is 0.311. The van der Waals surface area contributed by atoms with Crippen LogP contribution in [0.2, 0.25) is 5.02 Å². The molecular formula is C23H24ClN7O. The molecule has 0 spiro atoms. The van der Waals surface area contributed by atoms with E-state index >= 15 is 0 Å². The molecule has 1 aliphatic rings. The zero-order chi connectivity index (χ0) is 22.2. The van der Waals surface area contributed by atoms with Crippen molar-refractivity contribution in [3.8, 4) is 22.7 Å². The van der Waals surface area contributed by atoms with Crippen LogP contribution in [0.1, 0.15) is 0 Å². The third kappa shape index (κ3) is 3.72. The van der Waals surface area contributed by atoms with Crippen LogP contribution in [0.3, 0.4) is 0 Å². The zero-order valence-corrected chi connectivity index (χ0v) is 18.8. The fourth-order valence-electron chi connectivity index (χ4n) is 3.91. The van der Waals surface area contributed by atoms with Gasteiger partial charge < -0.3 is 20.3 Å². The lowest BCUT2D eigenvalue weighted by Crippen LogP contribution is -2.45. The predicted octanol–water partition coefficient (Wildman–Crippen LogP) is 3.48. The van der Waals surface area contributed by atoms with Crippen LogP contribution in [0.15, 0.2) is 48.5 Å². The molecule has 32 heavy (non-hydrogen) atoms. The number of hydrogen-bond acceptors (Lipinski definition) is 7. The van der Waals surface area contributed by atoms with Crippen molar-refractivity contribution < 1.29 is 4.74 Å². The molecule has 1 aliphatic heterocycles. The molecule has 0 amide bonds. The summed E-state index contributed by atoms with van der Waals surface area (Å²) in [4.78, 5) is 14.3. The molecule has 1 fully saturated rings. The van der Waals surface area contributed by atoms with Gasteiger partial charge in [0, 0.05) is 36.8 Å². The second-order valence-electron chi connectivity index (χ2n) is 7.87. The highest BCUT2D eigenvalue weighted by atomic mass is 35.5. The van der Waals surface area contributed by atoms with E-state index in [-0.39, 0.29) is 0 Å². The largest absolute Gasteiger partial charge is 0.497 e. The number of methoxy groups -OCH3 is 1. The smallest absolute Gasteiger partial charge is 0.228 e. The van der Waals surface area contributed by atoms with Crippen LogP contribution in [0.5, 0.6) is 5.75 Å². The Morgan fingerprint density at radius 1 is 1.00 bits per heavy atom. The van der Waals surface area contributed by atoms with E-state index in [1.54, 1.807) is 11.8 Å². The molecule has 0 bridgehead atoms. The van der Waals surface area contributed by atoms with Gasteiger partial charge >= 0.3 is 0 Å². The number of halogens is 1. The lowest BCUT2D eigenvalue weighted by Gasteiger charge is -2.32. The van der Waals surface area contributed by atoms with Crippen LogP contribution < -0.4 is 15.4 Å². The van der Waals surface area contributed by atoms with Crippen LogP contribution in [0, 0.1) is 0 Å². The molecule has 1 saturated heterocycles. The van der Waals surface area contributed by atoms with Crippen LogP contribution in [-0.4, -0.2) is 65.0 Å². The normalized spacial score (nSPS) is 14.8. The number of benzene rings is 2. The standard InChI is InChI=1S/C23H24ClN7O/c1-29-10-12-30(13-11-29)23-26-20(15-4-3-5-18(14-15)32-2)19-21(25)31(28-22(19)27-23)17-8-6-16(24)7-9-17/h3-9,14H,10-13,25H2,1-2H3. The van der Waals surface area contributed by atoms with E-state index in [9.17, 15) is 0 Å². The Hall–Kier alpha value is -3.36. The van der Waals surface area contributed by atoms with Crippen molar-refractivity contribution in [1.29, 1.82) is 0 Å². The van der Waals surface area contributed by atoms with Gasteiger partial charge in [-0.2, -0.15) is 4.98 Å². The van der Waals surface area contributed by atoms with E-state index in [4.69, 9.17) is 37.1 Å². The van der Waals surface area contributed by atoms with E-state index in [1.807, 2.05) is 48.5 Å². The molecule has 0 unspecified atom stereocenters. The summed E-state index contributed by atoms with van der Waals surface area (Å²) in [6, 6.07) is 15.2. The van der Waals surface area contributed by atoms with E-state index in [0.29, 0.717) is 27.8 Å². The van der Waals surface area contributed by atoms with Crippen LogP contribution >= 0.6 is 11.6 Å². The number of ether oxygens (including phenoxy) is 1. The van der Waals surface area contributed by atoms with Gasteiger partial charge in [-0.3, -0.25) is 0 Å². The van der Waals surface area contributed by atoms with Gasteiger partial charge in [-0.15, -0.1) is 5.10 Å². The molecule has 9 heteroatoms. The number of nitrogens with two attached hydrogens (primary N) is 1. The average Bonchev–Trinajstić information content (AvgIpc) is 3.16. The summed E-state index contributed by atoms with van der Waals surface area (Å²) >= 11 is 6.06. The van der Waals surface area contributed by atoms with E-state index < -0.39 is 0 Å². The van der Waals surface area contributed by atoms with E-state index in [0.717, 1.165) is 48.9 Å². The van der Waals surface area contributed by atoms with Crippen LogP contribution in [0.4, 0.5) is 11.8 Å². The maximum atomic E-state index is 6.60. The first kappa shape index (κ1) is 20.5. The number of rotatable bonds is 4. The van der Waals surface area contributed by atoms with Crippen molar-refractivity contribution in [1.82, 2.24) is 24.6 Å². The Balaban J connectivity index is 1.71. The monoisotopic (exact) mass is 449 g/mol. The first-order valence-corrected chi connectivity index (χ1v) is 10.8. The minimum Gasteiger partial charge on any atom is -0.497 e. The Labute approximate surface area is 191 Å². The molecule has 0 atom stereocenters. The summed E-state index contributed by atoms with van der Waals surface area (Å²) in [5, 5.41) is 6.11. The number of fused-ring (bicyclic) bond motifs is 1. The number of nitrogen functional groups attached to an aromatic ring is 1. The third-order valence-electron chi connectivity index (χ3n) is 5.76. The summed E-state index contributed by atoms with van der Waals surface area (Å²) in [6.07, 6.45) is 0. The Bertz CT molecular complexity index is 1260. The van der Waals surface area contributed by atoms with Gasteiger partial charge in [-0.05, 0) is 43.4 Å². The predicted molar refractivity (Wildman–Crippen MR) is 128 cm³/mol. The number of aromatic nitrogens is 4. The molecule has 2 aromatic carbocycles. The highest BCUT2D eigenvalue weighted by Gasteiger charge is 2.23. The maximum Gasteiger partial charge on any atom is 0.228 e. The fraction of sp³-hybridized carbons (Fsp3) is 0.261. The maximum absolute atomic E-state index is 6.60.